The highest BCUT2D eigenvalue weighted by molar-refractivity contribution is 5.84. The van der Waals surface area contributed by atoms with Crippen LogP contribution in [0.2, 0.25) is 0 Å². The molecule has 0 spiro atoms. The van der Waals surface area contributed by atoms with Crippen LogP contribution in [0, 0.1) is 0 Å². The van der Waals surface area contributed by atoms with E-state index < -0.39 is 0 Å². The first-order valence-corrected chi connectivity index (χ1v) is 10.0. The molecule has 0 aliphatic carbocycles. The fraction of sp³-hybridized carbons (Fsp3) is 0.348. The topological polar surface area (TPSA) is 88.2 Å². The maximum absolute atomic E-state index is 10.1. The van der Waals surface area contributed by atoms with Crippen LogP contribution in [0.25, 0.3) is 11.0 Å². The van der Waals surface area contributed by atoms with Crippen molar-refractivity contribution in [1.82, 2.24) is 10.6 Å². The molecule has 1 heterocycles. The molecule has 7 nitrogen and oxygen atoms in total. The first-order chi connectivity index (χ1) is 14.5. The normalized spacial score (nSPS) is 12.6. The number of hydrogen-bond acceptors (Lipinski definition) is 5. The minimum atomic E-state index is -0.0903. The van der Waals surface area contributed by atoms with Crippen LogP contribution >= 0.6 is 0 Å². The maximum atomic E-state index is 10.1. The third kappa shape index (κ3) is 4.97. The van der Waals surface area contributed by atoms with Crippen LogP contribution in [-0.2, 0) is 6.42 Å². The SMILES string of the molecule is CCOc1cccc2cc(C(C)NC(=NC)NCCc3ccc(OC)cc3O)oc12. The van der Waals surface area contributed by atoms with Crippen LogP contribution in [0.1, 0.15) is 31.2 Å². The molecule has 0 amide bonds. The van der Waals surface area contributed by atoms with Crippen LogP contribution < -0.4 is 20.1 Å². The van der Waals surface area contributed by atoms with Crippen molar-refractivity contribution in [2.24, 2.45) is 4.99 Å². The number of phenolic OH excluding ortho intramolecular Hbond substituents is 1. The lowest BCUT2D eigenvalue weighted by atomic mass is 10.1. The molecule has 0 aliphatic heterocycles. The van der Waals surface area contributed by atoms with E-state index in [0.717, 1.165) is 28.0 Å². The Kier molecular flexibility index (Phi) is 7.06. The second-order valence-electron chi connectivity index (χ2n) is 6.87. The van der Waals surface area contributed by atoms with E-state index in [-0.39, 0.29) is 11.8 Å². The zero-order valence-corrected chi connectivity index (χ0v) is 17.9. The summed E-state index contributed by atoms with van der Waals surface area (Å²) in [7, 11) is 3.30. The van der Waals surface area contributed by atoms with Crippen molar-refractivity contribution in [3.05, 3.63) is 53.8 Å². The number of phenols is 1. The van der Waals surface area contributed by atoms with E-state index >= 15 is 0 Å². The number of aromatic hydroxyl groups is 1. The molecule has 2 aromatic carbocycles. The van der Waals surface area contributed by atoms with Gasteiger partial charge in [-0.05, 0) is 44.0 Å². The van der Waals surface area contributed by atoms with Gasteiger partial charge in [0.25, 0.3) is 0 Å². The van der Waals surface area contributed by atoms with Crippen molar-refractivity contribution in [1.29, 1.82) is 0 Å². The van der Waals surface area contributed by atoms with E-state index in [9.17, 15) is 5.11 Å². The number of guanidine groups is 1. The maximum Gasteiger partial charge on any atom is 0.191 e. The van der Waals surface area contributed by atoms with Gasteiger partial charge in [-0.3, -0.25) is 4.99 Å². The molecule has 3 aromatic rings. The number of rotatable bonds is 8. The number of nitrogens with one attached hydrogen (secondary N) is 2. The van der Waals surface area contributed by atoms with Gasteiger partial charge < -0.3 is 29.6 Å². The number of benzene rings is 2. The summed E-state index contributed by atoms with van der Waals surface area (Å²) in [4.78, 5) is 4.28. The average molecular weight is 412 g/mol. The third-order valence-corrected chi connectivity index (χ3v) is 4.81. The summed E-state index contributed by atoms with van der Waals surface area (Å²) in [6.45, 7) is 5.17. The van der Waals surface area contributed by atoms with Crippen LogP contribution in [0.15, 0.2) is 51.9 Å². The van der Waals surface area contributed by atoms with Gasteiger partial charge in [-0.15, -0.1) is 0 Å². The first kappa shape index (κ1) is 21.4. The first-order valence-electron chi connectivity index (χ1n) is 10.0. The van der Waals surface area contributed by atoms with Gasteiger partial charge in [0.15, 0.2) is 17.3 Å². The Morgan fingerprint density at radius 1 is 1.23 bits per heavy atom. The van der Waals surface area contributed by atoms with Crippen molar-refractivity contribution in [3.63, 3.8) is 0 Å². The monoisotopic (exact) mass is 411 g/mol. The number of fused-ring (bicyclic) bond motifs is 1. The smallest absolute Gasteiger partial charge is 0.191 e. The van der Waals surface area contributed by atoms with E-state index in [1.54, 1.807) is 20.2 Å². The van der Waals surface area contributed by atoms with E-state index in [4.69, 9.17) is 13.9 Å². The molecule has 7 heteroatoms. The largest absolute Gasteiger partial charge is 0.508 e. The van der Waals surface area contributed by atoms with E-state index in [1.165, 1.54) is 0 Å². The summed E-state index contributed by atoms with van der Waals surface area (Å²) >= 11 is 0. The minimum absolute atomic E-state index is 0.0903. The standard InChI is InChI=1S/C23H29N3O4/c1-5-29-20-8-6-7-17-13-21(30-22(17)20)15(2)26-23(24-3)25-12-11-16-9-10-18(28-4)14-19(16)27/h6-10,13-15,27H,5,11-12H2,1-4H3,(H2,24,25,26). The van der Waals surface area contributed by atoms with Crippen molar-refractivity contribution >= 4 is 16.9 Å². The van der Waals surface area contributed by atoms with E-state index in [0.29, 0.717) is 31.3 Å². The number of para-hydroxylation sites is 1. The lowest BCUT2D eigenvalue weighted by Gasteiger charge is -2.16. The highest BCUT2D eigenvalue weighted by Gasteiger charge is 2.15. The van der Waals surface area contributed by atoms with Crippen LogP contribution in [0.5, 0.6) is 17.2 Å². The number of aliphatic imine (C=N–C) groups is 1. The molecule has 0 saturated heterocycles. The lowest BCUT2D eigenvalue weighted by Crippen LogP contribution is -2.39. The second kappa shape index (κ2) is 9.91. The molecule has 3 rings (SSSR count). The molecular formula is C23H29N3O4. The molecule has 0 saturated carbocycles. The highest BCUT2D eigenvalue weighted by Crippen LogP contribution is 2.31. The summed E-state index contributed by atoms with van der Waals surface area (Å²) in [6.07, 6.45) is 0.646. The molecular weight excluding hydrogens is 382 g/mol. The molecule has 30 heavy (non-hydrogen) atoms. The lowest BCUT2D eigenvalue weighted by molar-refractivity contribution is 0.336. The second-order valence-corrected chi connectivity index (χ2v) is 6.87. The zero-order chi connectivity index (χ0) is 21.5. The van der Waals surface area contributed by atoms with Crippen molar-refractivity contribution in [3.8, 4) is 17.2 Å². The molecule has 0 radical (unpaired) electrons. The van der Waals surface area contributed by atoms with Gasteiger partial charge >= 0.3 is 0 Å². The fourth-order valence-corrected chi connectivity index (χ4v) is 3.21. The predicted molar refractivity (Wildman–Crippen MR) is 119 cm³/mol. The average Bonchev–Trinajstić information content (AvgIpc) is 3.19. The van der Waals surface area contributed by atoms with Crippen molar-refractivity contribution < 1.29 is 19.0 Å². The highest BCUT2D eigenvalue weighted by atomic mass is 16.5. The number of hydrogen-bond donors (Lipinski definition) is 3. The summed E-state index contributed by atoms with van der Waals surface area (Å²) in [5, 5.41) is 17.7. The molecule has 160 valence electrons. The third-order valence-electron chi connectivity index (χ3n) is 4.81. The Balaban J connectivity index is 1.60. The molecule has 0 aliphatic rings. The summed E-state index contributed by atoms with van der Waals surface area (Å²) < 4.78 is 16.8. The van der Waals surface area contributed by atoms with Crippen LogP contribution in [0.3, 0.4) is 0 Å². The number of methoxy groups -OCH3 is 1. The Bertz CT molecular complexity index is 1010. The Labute approximate surface area is 176 Å². The molecule has 3 N–H and O–H groups in total. The number of nitrogens with zero attached hydrogens (tertiary/aromatic N) is 1. The van der Waals surface area contributed by atoms with Gasteiger partial charge in [0.2, 0.25) is 0 Å². The predicted octanol–water partition coefficient (Wildman–Crippen LogP) is 4.01. The van der Waals surface area contributed by atoms with Crippen LogP contribution in [-0.4, -0.2) is 38.4 Å². The van der Waals surface area contributed by atoms with E-state index in [1.807, 2.05) is 50.2 Å². The van der Waals surface area contributed by atoms with Gasteiger partial charge in [0, 0.05) is 25.0 Å². The van der Waals surface area contributed by atoms with Gasteiger partial charge in [0.05, 0.1) is 19.8 Å². The zero-order valence-electron chi connectivity index (χ0n) is 17.9. The summed E-state index contributed by atoms with van der Waals surface area (Å²) in [5.74, 6) is 3.05. The number of furan rings is 1. The Morgan fingerprint density at radius 2 is 2.07 bits per heavy atom. The molecule has 1 atom stereocenters. The molecule has 0 bridgehead atoms. The van der Waals surface area contributed by atoms with E-state index in [2.05, 4.69) is 15.6 Å². The van der Waals surface area contributed by atoms with Crippen molar-refractivity contribution in [2.45, 2.75) is 26.3 Å². The summed E-state index contributed by atoms with van der Waals surface area (Å²) in [6, 6.07) is 13.1. The Hall–Kier alpha value is -3.35. The quantitative estimate of drug-likeness (QED) is 0.383. The molecule has 0 fully saturated rings. The molecule has 1 unspecified atom stereocenters. The van der Waals surface area contributed by atoms with Crippen LogP contribution in [0.4, 0.5) is 0 Å². The molecule has 1 aromatic heterocycles. The van der Waals surface area contributed by atoms with Gasteiger partial charge in [-0.25, -0.2) is 0 Å². The number of ether oxygens (including phenoxy) is 2. The van der Waals surface area contributed by atoms with Gasteiger partial charge in [0.1, 0.15) is 17.3 Å². The van der Waals surface area contributed by atoms with Gasteiger partial charge in [-0.1, -0.05) is 18.2 Å². The summed E-state index contributed by atoms with van der Waals surface area (Å²) in [5.41, 5.74) is 1.59. The Morgan fingerprint density at radius 3 is 2.77 bits per heavy atom. The van der Waals surface area contributed by atoms with Crippen molar-refractivity contribution in [2.75, 3.05) is 27.3 Å². The fourth-order valence-electron chi connectivity index (χ4n) is 3.21. The minimum Gasteiger partial charge on any atom is -0.508 e. The van der Waals surface area contributed by atoms with Gasteiger partial charge in [-0.2, -0.15) is 0 Å².